The second-order valence-corrected chi connectivity index (χ2v) is 7.49. The number of carbonyl (C=O) groups excluding carboxylic acids is 1. The van der Waals surface area contributed by atoms with Crippen molar-refractivity contribution in [2.24, 2.45) is 0 Å². The van der Waals surface area contributed by atoms with Crippen molar-refractivity contribution in [2.45, 2.75) is 32.2 Å². The number of aromatic nitrogens is 2. The molecule has 3 heterocycles. The lowest BCUT2D eigenvalue weighted by Crippen LogP contribution is -2.26. The predicted molar refractivity (Wildman–Crippen MR) is 113 cm³/mol. The van der Waals surface area contributed by atoms with E-state index in [0.29, 0.717) is 6.04 Å². The number of hydrogen-bond acceptors (Lipinski definition) is 4. The fourth-order valence-electron chi connectivity index (χ4n) is 4.22. The molecule has 4 rings (SSSR count). The van der Waals surface area contributed by atoms with Crippen LogP contribution in [0, 0.1) is 6.92 Å². The van der Waals surface area contributed by atoms with Crippen molar-refractivity contribution in [1.29, 1.82) is 0 Å². The fraction of sp³-hybridized carbons (Fsp3) is 0.304. The molecule has 1 aliphatic rings. The first-order valence-corrected chi connectivity index (χ1v) is 10.0. The lowest BCUT2D eigenvalue weighted by molar-refractivity contribution is -0.124. The van der Waals surface area contributed by atoms with Gasteiger partial charge in [0, 0.05) is 37.0 Å². The van der Waals surface area contributed by atoms with E-state index in [4.69, 9.17) is 5.21 Å². The van der Waals surface area contributed by atoms with Gasteiger partial charge in [-0.05, 0) is 55.6 Å². The summed E-state index contributed by atoms with van der Waals surface area (Å²) in [6.45, 7) is 4.21. The third-order valence-corrected chi connectivity index (χ3v) is 5.69. The molecule has 0 spiro atoms. The van der Waals surface area contributed by atoms with Gasteiger partial charge in [0.2, 0.25) is 0 Å². The lowest BCUT2D eigenvalue weighted by Gasteiger charge is -2.25. The molecule has 1 atom stereocenters. The van der Waals surface area contributed by atoms with E-state index < -0.39 is 5.91 Å². The van der Waals surface area contributed by atoms with E-state index in [1.54, 1.807) is 11.6 Å². The quantitative estimate of drug-likeness (QED) is 0.384. The molecule has 1 unspecified atom stereocenters. The van der Waals surface area contributed by atoms with Crippen molar-refractivity contribution in [3.63, 3.8) is 0 Å². The number of aryl methyl sites for hydroxylation is 1. The highest BCUT2D eigenvalue weighted by molar-refractivity contribution is 5.90. The number of hydrogen-bond donors (Lipinski definition) is 2. The number of rotatable bonds is 6. The van der Waals surface area contributed by atoms with E-state index in [1.165, 1.54) is 23.8 Å². The zero-order chi connectivity index (χ0) is 20.2. The van der Waals surface area contributed by atoms with Crippen LogP contribution < -0.4 is 5.48 Å². The molecule has 6 heteroatoms. The summed E-state index contributed by atoms with van der Waals surface area (Å²) >= 11 is 0. The topological polar surface area (TPSA) is 69.9 Å². The Bertz CT molecular complexity index is 1020. The van der Waals surface area contributed by atoms with Crippen molar-refractivity contribution in [3.8, 4) is 0 Å². The van der Waals surface area contributed by atoms with E-state index in [2.05, 4.69) is 51.7 Å². The van der Waals surface area contributed by atoms with Gasteiger partial charge in [-0.3, -0.25) is 14.9 Å². The fourth-order valence-corrected chi connectivity index (χ4v) is 4.22. The number of benzene rings is 1. The highest BCUT2D eigenvalue weighted by Gasteiger charge is 2.26. The molecule has 1 amide bonds. The second-order valence-electron chi connectivity index (χ2n) is 7.49. The van der Waals surface area contributed by atoms with Gasteiger partial charge >= 0.3 is 0 Å². The molecule has 1 aromatic carbocycles. The predicted octanol–water partition coefficient (Wildman–Crippen LogP) is 3.54. The zero-order valence-electron chi connectivity index (χ0n) is 16.6. The van der Waals surface area contributed by atoms with Crippen molar-refractivity contribution in [3.05, 3.63) is 77.3 Å². The van der Waals surface area contributed by atoms with Crippen LogP contribution in [0.25, 0.3) is 11.7 Å². The molecule has 150 valence electrons. The minimum absolute atomic E-state index is 0.424. The summed E-state index contributed by atoms with van der Waals surface area (Å²) in [4.78, 5) is 18.4. The number of nitrogens with zero attached hydrogens (tertiary/aromatic N) is 3. The Kier molecular flexibility index (Phi) is 5.74. The number of likely N-dealkylation sites (tertiary alicyclic amines) is 1. The van der Waals surface area contributed by atoms with Crippen LogP contribution >= 0.6 is 0 Å². The maximum atomic E-state index is 11.1. The molecule has 1 saturated heterocycles. The Morgan fingerprint density at radius 1 is 1.28 bits per heavy atom. The van der Waals surface area contributed by atoms with E-state index >= 15 is 0 Å². The van der Waals surface area contributed by atoms with Gasteiger partial charge in [0.1, 0.15) is 5.65 Å². The number of pyridine rings is 1. The Hall–Kier alpha value is -2.96. The molecule has 0 radical (unpaired) electrons. The van der Waals surface area contributed by atoms with Gasteiger partial charge in [-0.2, -0.15) is 0 Å². The highest BCUT2D eigenvalue weighted by atomic mass is 16.5. The van der Waals surface area contributed by atoms with E-state index in [0.717, 1.165) is 42.8 Å². The zero-order valence-corrected chi connectivity index (χ0v) is 16.6. The Morgan fingerprint density at radius 2 is 2.10 bits per heavy atom. The minimum Gasteiger partial charge on any atom is -0.304 e. The standard InChI is InChI=1S/C23H26N4O2/c1-17-20(27-15-3-2-6-22(27)24-17)13-16-26-14-4-5-21(26)19-10-7-18(8-11-19)9-12-23(28)25-29/h2-3,6-12,15,21,29H,4-5,13-14,16H2,1H3,(H,25,28). The first-order chi connectivity index (χ1) is 14.2. The third kappa shape index (κ3) is 4.23. The largest absolute Gasteiger partial charge is 0.304 e. The van der Waals surface area contributed by atoms with Crippen molar-refractivity contribution < 1.29 is 10.0 Å². The number of hydroxylamine groups is 1. The molecule has 6 nitrogen and oxygen atoms in total. The monoisotopic (exact) mass is 390 g/mol. The average molecular weight is 390 g/mol. The van der Waals surface area contributed by atoms with Crippen molar-refractivity contribution in [1.82, 2.24) is 19.8 Å². The van der Waals surface area contributed by atoms with Crippen LogP contribution in [0.1, 0.15) is 41.4 Å². The van der Waals surface area contributed by atoms with Gasteiger partial charge in [-0.15, -0.1) is 0 Å². The molecule has 29 heavy (non-hydrogen) atoms. The van der Waals surface area contributed by atoms with Crippen LogP contribution in [0.3, 0.4) is 0 Å². The maximum Gasteiger partial charge on any atom is 0.267 e. The summed E-state index contributed by atoms with van der Waals surface area (Å²) in [7, 11) is 0. The van der Waals surface area contributed by atoms with Crippen LogP contribution in [0.2, 0.25) is 0 Å². The van der Waals surface area contributed by atoms with Crippen LogP contribution in [0.5, 0.6) is 0 Å². The average Bonchev–Trinajstić information content (AvgIpc) is 3.34. The molecule has 1 fully saturated rings. The minimum atomic E-state index is -0.529. The molecular formula is C23H26N4O2. The lowest BCUT2D eigenvalue weighted by atomic mass is 10.0. The summed E-state index contributed by atoms with van der Waals surface area (Å²) in [5, 5.41) is 8.56. The van der Waals surface area contributed by atoms with Gasteiger partial charge in [0.05, 0.1) is 5.69 Å². The van der Waals surface area contributed by atoms with Gasteiger partial charge in [0.15, 0.2) is 0 Å². The molecule has 0 aliphatic carbocycles. The molecule has 0 saturated carbocycles. The first kappa shape index (κ1) is 19.4. The van der Waals surface area contributed by atoms with Crippen LogP contribution in [0.15, 0.2) is 54.7 Å². The van der Waals surface area contributed by atoms with Crippen molar-refractivity contribution in [2.75, 3.05) is 13.1 Å². The maximum absolute atomic E-state index is 11.1. The summed E-state index contributed by atoms with van der Waals surface area (Å²) in [5.41, 5.74) is 7.24. The molecule has 0 bridgehead atoms. The van der Waals surface area contributed by atoms with E-state index in [-0.39, 0.29) is 0 Å². The summed E-state index contributed by atoms with van der Waals surface area (Å²) in [6, 6.07) is 14.9. The number of amides is 1. The van der Waals surface area contributed by atoms with Gasteiger partial charge in [0.25, 0.3) is 5.91 Å². The Morgan fingerprint density at radius 3 is 2.90 bits per heavy atom. The van der Waals surface area contributed by atoms with Gasteiger partial charge in [-0.25, -0.2) is 10.5 Å². The molecule has 3 aromatic rings. The second kappa shape index (κ2) is 8.59. The molecule has 1 aliphatic heterocycles. The number of fused-ring (bicyclic) bond motifs is 1. The molecule has 2 N–H and O–H groups in total. The molecule has 2 aromatic heterocycles. The SMILES string of the molecule is Cc1nc2ccccn2c1CCN1CCCC1c1ccc(C=CC(=O)NO)cc1. The number of imidazole rings is 1. The van der Waals surface area contributed by atoms with Crippen LogP contribution in [-0.4, -0.2) is 38.5 Å². The Balaban J connectivity index is 1.44. The summed E-state index contributed by atoms with van der Waals surface area (Å²) in [6.07, 6.45) is 8.44. The van der Waals surface area contributed by atoms with Crippen LogP contribution in [-0.2, 0) is 11.2 Å². The Labute approximate surface area is 170 Å². The highest BCUT2D eigenvalue weighted by Crippen LogP contribution is 2.32. The molecular weight excluding hydrogens is 364 g/mol. The van der Waals surface area contributed by atoms with E-state index in [1.807, 2.05) is 18.2 Å². The summed E-state index contributed by atoms with van der Waals surface area (Å²) in [5.74, 6) is -0.529. The van der Waals surface area contributed by atoms with E-state index in [9.17, 15) is 4.79 Å². The van der Waals surface area contributed by atoms with Crippen LogP contribution in [0.4, 0.5) is 0 Å². The normalized spacial score (nSPS) is 17.4. The van der Waals surface area contributed by atoms with Gasteiger partial charge < -0.3 is 4.40 Å². The summed E-state index contributed by atoms with van der Waals surface area (Å²) < 4.78 is 2.20. The van der Waals surface area contributed by atoms with Gasteiger partial charge in [-0.1, -0.05) is 30.3 Å². The number of carbonyl (C=O) groups is 1. The van der Waals surface area contributed by atoms with Crippen molar-refractivity contribution >= 4 is 17.6 Å². The smallest absolute Gasteiger partial charge is 0.267 e. The number of nitrogens with one attached hydrogen (secondary N) is 1. The first-order valence-electron chi connectivity index (χ1n) is 10.0. The third-order valence-electron chi connectivity index (χ3n) is 5.69.